The third-order valence-corrected chi connectivity index (χ3v) is 7.96. The van der Waals surface area contributed by atoms with Crippen LogP contribution >= 0.6 is 34.4 Å². The Hall–Kier alpha value is -2.30. The predicted molar refractivity (Wildman–Crippen MR) is 126 cm³/mol. The van der Waals surface area contributed by atoms with E-state index in [1.54, 1.807) is 25.6 Å². The summed E-state index contributed by atoms with van der Waals surface area (Å²) in [7, 11) is 3.26. The van der Waals surface area contributed by atoms with Crippen LogP contribution < -0.4 is 14.8 Å². The summed E-state index contributed by atoms with van der Waals surface area (Å²) < 4.78 is 11.6. The fraction of sp³-hybridized carbons (Fsp3) is 0.381. The summed E-state index contributed by atoms with van der Waals surface area (Å²) >= 11 is 4.68. The number of carbonyl (C=O) groups is 1. The third kappa shape index (κ3) is 5.50. The fourth-order valence-corrected chi connectivity index (χ4v) is 5.79. The molecule has 0 bridgehead atoms. The Morgan fingerprint density at radius 2 is 2.03 bits per heavy atom. The fourth-order valence-electron chi connectivity index (χ4n) is 3.40. The van der Waals surface area contributed by atoms with Gasteiger partial charge >= 0.3 is 0 Å². The summed E-state index contributed by atoms with van der Waals surface area (Å²) in [6.45, 7) is 2.11. The van der Waals surface area contributed by atoms with Crippen molar-refractivity contribution in [1.82, 2.24) is 15.1 Å². The summed E-state index contributed by atoms with van der Waals surface area (Å²) in [4.78, 5) is 16.0. The second-order valence-electron chi connectivity index (χ2n) is 6.96. The Balaban J connectivity index is 1.27. The first-order chi connectivity index (χ1) is 15.2. The molecule has 0 saturated carbocycles. The number of hydrogen-bond donors (Lipinski definition) is 1. The van der Waals surface area contributed by atoms with Crippen LogP contribution in [0, 0.1) is 0 Å². The highest BCUT2D eigenvalue weighted by molar-refractivity contribution is 8.01. The van der Waals surface area contributed by atoms with Crippen LogP contribution in [0.25, 0.3) is 0 Å². The number of fused-ring (bicyclic) bond motifs is 1. The van der Waals surface area contributed by atoms with Crippen molar-refractivity contribution in [1.29, 1.82) is 0 Å². The normalized spacial score (nSPS) is 13.0. The number of thiophene rings is 1. The molecule has 0 unspecified atom stereocenters. The standard InChI is InChI=1S/C21H24N4O3S3/c1-27-17-10-14-6-8-25(12-15(14)11-18(17)28-2)19(26)13-30-21-24-23-20(31-21)22-7-5-16-4-3-9-29-16/h3-4,9-11H,5-8,12-13H2,1-2H3,(H,22,23). The Morgan fingerprint density at radius 1 is 1.23 bits per heavy atom. The van der Waals surface area contributed by atoms with Crippen molar-refractivity contribution in [2.45, 2.75) is 23.7 Å². The molecule has 164 valence electrons. The molecule has 3 aromatic rings. The lowest BCUT2D eigenvalue weighted by Crippen LogP contribution is -2.37. The van der Waals surface area contributed by atoms with Gasteiger partial charge in [0.05, 0.1) is 20.0 Å². The number of thioether (sulfide) groups is 1. The minimum absolute atomic E-state index is 0.104. The first kappa shape index (κ1) is 21.9. The number of rotatable bonds is 9. The number of amides is 1. The van der Waals surface area contributed by atoms with Crippen LogP contribution in [0.1, 0.15) is 16.0 Å². The molecule has 3 heterocycles. The van der Waals surface area contributed by atoms with E-state index < -0.39 is 0 Å². The zero-order valence-electron chi connectivity index (χ0n) is 17.4. The molecule has 0 radical (unpaired) electrons. The molecule has 7 nitrogen and oxygen atoms in total. The first-order valence-corrected chi connectivity index (χ1v) is 12.6. The number of carbonyl (C=O) groups excluding carboxylic acids is 1. The number of nitrogens with one attached hydrogen (secondary N) is 1. The van der Waals surface area contributed by atoms with Crippen molar-refractivity contribution in [2.24, 2.45) is 0 Å². The van der Waals surface area contributed by atoms with Crippen LogP contribution in [-0.2, 0) is 24.2 Å². The number of methoxy groups -OCH3 is 2. The summed E-state index contributed by atoms with van der Waals surface area (Å²) in [6.07, 6.45) is 1.77. The highest BCUT2D eigenvalue weighted by atomic mass is 32.2. The number of aromatic nitrogens is 2. The minimum atomic E-state index is 0.104. The second kappa shape index (κ2) is 10.3. The van der Waals surface area contributed by atoms with Gasteiger partial charge in [-0.25, -0.2) is 0 Å². The van der Waals surface area contributed by atoms with E-state index in [-0.39, 0.29) is 5.91 Å². The van der Waals surface area contributed by atoms with Crippen molar-refractivity contribution in [3.8, 4) is 11.5 Å². The molecule has 0 fully saturated rings. The Kier molecular flexibility index (Phi) is 7.31. The molecule has 0 aliphatic carbocycles. The molecule has 0 saturated heterocycles. The quantitative estimate of drug-likeness (QED) is 0.469. The van der Waals surface area contributed by atoms with Gasteiger partial charge in [-0.05, 0) is 47.5 Å². The van der Waals surface area contributed by atoms with Gasteiger partial charge < -0.3 is 19.7 Å². The molecular formula is C21H24N4O3S3. The molecule has 1 amide bonds. The Labute approximate surface area is 193 Å². The molecule has 1 aliphatic heterocycles. The number of ether oxygens (including phenoxy) is 2. The second-order valence-corrected chi connectivity index (χ2v) is 10.2. The van der Waals surface area contributed by atoms with Gasteiger partial charge in [-0.2, -0.15) is 0 Å². The molecule has 4 rings (SSSR count). The van der Waals surface area contributed by atoms with Crippen molar-refractivity contribution >= 4 is 45.5 Å². The highest BCUT2D eigenvalue weighted by Gasteiger charge is 2.23. The molecular weight excluding hydrogens is 452 g/mol. The maximum absolute atomic E-state index is 12.8. The number of nitrogens with zero attached hydrogens (tertiary/aromatic N) is 3. The van der Waals surface area contributed by atoms with Crippen LogP contribution in [0.4, 0.5) is 5.13 Å². The van der Waals surface area contributed by atoms with E-state index >= 15 is 0 Å². The number of benzene rings is 1. The van der Waals surface area contributed by atoms with Gasteiger partial charge in [0.1, 0.15) is 0 Å². The Morgan fingerprint density at radius 3 is 2.77 bits per heavy atom. The van der Waals surface area contributed by atoms with Gasteiger partial charge in [0, 0.05) is 24.5 Å². The monoisotopic (exact) mass is 476 g/mol. The highest BCUT2D eigenvalue weighted by Crippen LogP contribution is 2.33. The number of anilines is 1. The average molecular weight is 477 g/mol. The van der Waals surface area contributed by atoms with Gasteiger partial charge in [0.15, 0.2) is 15.8 Å². The predicted octanol–water partition coefficient (Wildman–Crippen LogP) is 3.95. The summed E-state index contributed by atoms with van der Waals surface area (Å²) in [5.74, 6) is 1.88. The topological polar surface area (TPSA) is 76.6 Å². The van der Waals surface area contributed by atoms with Crippen molar-refractivity contribution in [3.63, 3.8) is 0 Å². The van der Waals surface area contributed by atoms with E-state index in [0.717, 1.165) is 40.2 Å². The van der Waals surface area contributed by atoms with Crippen molar-refractivity contribution in [3.05, 3.63) is 45.6 Å². The zero-order valence-corrected chi connectivity index (χ0v) is 19.9. The third-order valence-electron chi connectivity index (χ3n) is 5.02. The first-order valence-electron chi connectivity index (χ1n) is 9.90. The van der Waals surface area contributed by atoms with Crippen LogP contribution in [0.3, 0.4) is 0 Å². The lowest BCUT2D eigenvalue weighted by Gasteiger charge is -2.29. The molecule has 1 N–H and O–H groups in total. The van der Waals surface area contributed by atoms with Crippen LogP contribution in [0.2, 0.25) is 0 Å². The Bertz CT molecular complexity index is 1020. The lowest BCUT2D eigenvalue weighted by molar-refractivity contribution is -0.129. The van der Waals surface area contributed by atoms with Gasteiger partial charge in [-0.1, -0.05) is 29.2 Å². The van der Waals surface area contributed by atoms with Gasteiger partial charge in [0.25, 0.3) is 0 Å². The van der Waals surface area contributed by atoms with Gasteiger partial charge in [0.2, 0.25) is 11.0 Å². The van der Waals surface area contributed by atoms with E-state index in [1.165, 1.54) is 33.5 Å². The van der Waals surface area contributed by atoms with E-state index in [4.69, 9.17) is 9.47 Å². The van der Waals surface area contributed by atoms with E-state index in [9.17, 15) is 4.79 Å². The maximum Gasteiger partial charge on any atom is 0.233 e. The lowest BCUT2D eigenvalue weighted by atomic mass is 9.99. The van der Waals surface area contributed by atoms with Crippen molar-refractivity contribution in [2.75, 3.05) is 38.4 Å². The van der Waals surface area contributed by atoms with Crippen LogP contribution in [-0.4, -0.2) is 54.1 Å². The van der Waals surface area contributed by atoms with E-state index in [2.05, 4.69) is 33.0 Å². The molecule has 10 heteroatoms. The molecule has 1 aromatic carbocycles. The molecule has 31 heavy (non-hydrogen) atoms. The smallest absolute Gasteiger partial charge is 0.233 e. The van der Waals surface area contributed by atoms with E-state index in [0.29, 0.717) is 24.6 Å². The van der Waals surface area contributed by atoms with Crippen LogP contribution in [0.15, 0.2) is 34.0 Å². The van der Waals surface area contributed by atoms with E-state index in [1.807, 2.05) is 17.0 Å². The van der Waals surface area contributed by atoms with Crippen LogP contribution in [0.5, 0.6) is 11.5 Å². The molecule has 1 aliphatic rings. The summed E-state index contributed by atoms with van der Waals surface area (Å²) in [5.41, 5.74) is 2.31. The molecule has 2 aromatic heterocycles. The molecule has 0 spiro atoms. The number of hydrogen-bond acceptors (Lipinski definition) is 9. The van der Waals surface area contributed by atoms with Crippen molar-refractivity contribution < 1.29 is 14.3 Å². The van der Waals surface area contributed by atoms with Gasteiger partial charge in [-0.3, -0.25) is 4.79 Å². The SMILES string of the molecule is COc1cc2c(cc1OC)CN(C(=O)CSc1nnc(NCCc3cccs3)s1)CC2. The largest absolute Gasteiger partial charge is 0.493 e. The summed E-state index contributed by atoms with van der Waals surface area (Å²) in [6, 6.07) is 8.18. The summed E-state index contributed by atoms with van der Waals surface area (Å²) in [5, 5.41) is 14.6. The minimum Gasteiger partial charge on any atom is -0.493 e. The molecule has 0 atom stereocenters. The average Bonchev–Trinajstić information content (AvgIpc) is 3.48. The maximum atomic E-state index is 12.8. The van der Waals surface area contributed by atoms with Gasteiger partial charge in [-0.15, -0.1) is 21.5 Å². The zero-order chi connectivity index (χ0) is 21.6.